The molecule has 2 aliphatic rings. The minimum atomic E-state index is -0.436. The Kier molecular flexibility index (Phi) is 7.92. The standard InChI is InChI=1S/C33H34ClN9O4/c1-4-47-27-16-19-15-20(5-9-25(19)40(2)32(27)46)36-30-24(34)18-35-33(38-30)43-13-11-42(12-14-43)21-6-7-22-26(17-21)41(3)39-29(22)23-8-10-28(44)37-31(23)45/h5-7,9,15-18,23H,4,8,10-14H2,1-3H3,(H,35,36,38)(H,37,44,45). The first-order valence-corrected chi connectivity index (χ1v) is 15.9. The number of piperidine rings is 1. The third kappa shape index (κ3) is 5.71. The van der Waals surface area contributed by atoms with Gasteiger partial charge in [-0.15, -0.1) is 0 Å². The third-order valence-corrected chi connectivity index (χ3v) is 9.12. The summed E-state index contributed by atoms with van der Waals surface area (Å²) in [5.41, 5.74) is 4.08. The van der Waals surface area contributed by atoms with E-state index in [1.807, 2.05) is 38.2 Å². The number of ether oxygens (including phenoxy) is 1. The molecule has 13 nitrogen and oxygen atoms in total. The van der Waals surface area contributed by atoms with Crippen molar-refractivity contribution in [3.63, 3.8) is 0 Å². The number of pyridine rings is 1. The van der Waals surface area contributed by atoms with Crippen LogP contribution in [0.3, 0.4) is 0 Å². The number of anilines is 4. The zero-order chi connectivity index (χ0) is 32.8. The average Bonchev–Trinajstić information content (AvgIpc) is 3.39. The molecule has 2 N–H and O–H groups in total. The maximum absolute atomic E-state index is 12.6. The number of amides is 2. The summed E-state index contributed by atoms with van der Waals surface area (Å²) in [6, 6.07) is 13.6. The summed E-state index contributed by atoms with van der Waals surface area (Å²) < 4.78 is 8.93. The second-order valence-electron chi connectivity index (χ2n) is 11.8. The summed E-state index contributed by atoms with van der Waals surface area (Å²) in [6.45, 7) is 5.17. The van der Waals surface area contributed by atoms with Crippen LogP contribution in [0.2, 0.25) is 5.02 Å². The minimum absolute atomic E-state index is 0.180. The van der Waals surface area contributed by atoms with Gasteiger partial charge in [-0.05, 0) is 55.8 Å². The van der Waals surface area contributed by atoms with Crippen LogP contribution in [0.1, 0.15) is 31.4 Å². The number of piperazine rings is 1. The Labute approximate surface area is 275 Å². The highest BCUT2D eigenvalue weighted by atomic mass is 35.5. The first-order chi connectivity index (χ1) is 22.7. The first-order valence-electron chi connectivity index (χ1n) is 15.6. The van der Waals surface area contributed by atoms with Crippen LogP contribution >= 0.6 is 11.6 Å². The van der Waals surface area contributed by atoms with Gasteiger partial charge in [-0.2, -0.15) is 10.1 Å². The topological polar surface area (TPSA) is 140 Å². The SMILES string of the molecule is CCOc1cc2cc(Nc3nc(N4CCN(c5ccc6c(C7CCC(=O)NC7=O)nn(C)c6c5)CC4)ncc3Cl)ccc2n(C)c1=O. The second kappa shape index (κ2) is 12.2. The normalized spacial score (nSPS) is 17.0. The van der Waals surface area contributed by atoms with Crippen LogP contribution in [0, 0.1) is 0 Å². The fourth-order valence-electron chi connectivity index (χ4n) is 6.37. The lowest BCUT2D eigenvalue weighted by atomic mass is 9.93. The number of carbonyl (C=O) groups excluding carboxylic acids is 2. The number of halogens is 1. The summed E-state index contributed by atoms with van der Waals surface area (Å²) in [6.07, 6.45) is 2.38. The van der Waals surface area contributed by atoms with Crippen LogP contribution in [0.25, 0.3) is 21.8 Å². The van der Waals surface area contributed by atoms with Gasteiger partial charge in [0.2, 0.25) is 17.8 Å². The molecule has 5 aromatic rings. The van der Waals surface area contributed by atoms with E-state index < -0.39 is 5.92 Å². The lowest BCUT2D eigenvalue weighted by Gasteiger charge is -2.36. The van der Waals surface area contributed by atoms with Crippen molar-refractivity contribution in [3.05, 3.63) is 69.7 Å². The van der Waals surface area contributed by atoms with E-state index in [-0.39, 0.29) is 17.4 Å². The number of imide groups is 1. The fraction of sp³-hybridized carbons (Fsp3) is 0.333. The van der Waals surface area contributed by atoms with E-state index in [1.54, 1.807) is 28.6 Å². The third-order valence-electron chi connectivity index (χ3n) is 8.85. The molecule has 3 aromatic heterocycles. The molecule has 0 saturated carbocycles. The number of aromatic nitrogens is 5. The van der Waals surface area contributed by atoms with Gasteiger partial charge >= 0.3 is 0 Å². The molecule has 2 aliphatic heterocycles. The Morgan fingerprint density at radius 2 is 1.79 bits per heavy atom. The van der Waals surface area contributed by atoms with Gasteiger partial charge in [0.25, 0.3) is 5.56 Å². The van der Waals surface area contributed by atoms with Crippen molar-refractivity contribution in [1.29, 1.82) is 0 Å². The highest BCUT2D eigenvalue weighted by Crippen LogP contribution is 2.33. The van der Waals surface area contributed by atoms with Gasteiger partial charge in [0, 0.05) is 68.8 Å². The van der Waals surface area contributed by atoms with Crippen molar-refractivity contribution in [2.75, 3.05) is 47.9 Å². The number of fused-ring (bicyclic) bond motifs is 2. The predicted molar refractivity (Wildman–Crippen MR) is 181 cm³/mol. The molecule has 242 valence electrons. The molecule has 7 rings (SSSR count). The van der Waals surface area contributed by atoms with Gasteiger partial charge in [-0.1, -0.05) is 11.6 Å². The molecule has 0 radical (unpaired) electrons. The van der Waals surface area contributed by atoms with Crippen molar-refractivity contribution < 1.29 is 14.3 Å². The molecule has 5 heterocycles. The largest absolute Gasteiger partial charge is 0.488 e. The quantitative estimate of drug-likeness (QED) is 0.249. The van der Waals surface area contributed by atoms with Crippen LogP contribution in [0.5, 0.6) is 5.75 Å². The highest BCUT2D eigenvalue weighted by Gasteiger charge is 2.32. The minimum Gasteiger partial charge on any atom is -0.488 e. The van der Waals surface area contributed by atoms with Crippen LogP contribution in [-0.4, -0.2) is 68.9 Å². The van der Waals surface area contributed by atoms with Crippen molar-refractivity contribution in [2.45, 2.75) is 25.7 Å². The van der Waals surface area contributed by atoms with Gasteiger partial charge in [-0.25, -0.2) is 4.98 Å². The van der Waals surface area contributed by atoms with Gasteiger partial charge < -0.3 is 24.4 Å². The van der Waals surface area contributed by atoms with Gasteiger partial charge in [0.05, 0.1) is 35.4 Å². The number of hydrogen-bond acceptors (Lipinski definition) is 10. The number of benzene rings is 2. The highest BCUT2D eigenvalue weighted by molar-refractivity contribution is 6.33. The monoisotopic (exact) mass is 655 g/mol. The molecular formula is C33H34ClN9O4. The Morgan fingerprint density at radius 3 is 2.55 bits per heavy atom. The number of hydrogen-bond donors (Lipinski definition) is 2. The molecule has 0 bridgehead atoms. The van der Waals surface area contributed by atoms with Gasteiger partial charge in [0.15, 0.2) is 11.6 Å². The molecule has 2 aromatic carbocycles. The van der Waals surface area contributed by atoms with Gasteiger partial charge in [0.1, 0.15) is 5.02 Å². The molecule has 0 aliphatic carbocycles. The van der Waals surface area contributed by atoms with E-state index in [1.165, 1.54) is 0 Å². The summed E-state index contributed by atoms with van der Waals surface area (Å²) in [5, 5.41) is 12.6. The Morgan fingerprint density at radius 1 is 1.00 bits per heavy atom. The molecule has 2 amide bonds. The van der Waals surface area contributed by atoms with Crippen molar-refractivity contribution in [3.8, 4) is 5.75 Å². The molecule has 14 heteroatoms. The van der Waals surface area contributed by atoms with Crippen LogP contribution in [0.15, 0.2) is 53.5 Å². The molecular weight excluding hydrogens is 622 g/mol. The summed E-state index contributed by atoms with van der Waals surface area (Å²) >= 11 is 6.52. The van der Waals surface area contributed by atoms with E-state index in [9.17, 15) is 14.4 Å². The predicted octanol–water partition coefficient (Wildman–Crippen LogP) is 3.86. The molecule has 0 spiro atoms. The number of nitrogens with one attached hydrogen (secondary N) is 2. The van der Waals surface area contributed by atoms with Crippen LogP contribution in [-0.2, 0) is 23.7 Å². The van der Waals surface area contributed by atoms with Gasteiger partial charge in [-0.3, -0.25) is 24.4 Å². The zero-order valence-corrected chi connectivity index (χ0v) is 27.0. The van der Waals surface area contributed by atoms with E-state index >= 15 is 0 Å². The van der Waals surface area contributed by atoms with E-state index in [4.69, 9.17) is 21.3 Å². The second-order valence-corrected chi connectivity index (χ2v) is 12.2. The Hall–Kier alpha value is -5.17. The number of nitrogens with zero attached hydrogens (tertiary/aromatic N) is 7. The summed E-state index contributed by atoms with van der Waals surface area (Å²) in [4.78, 5) is 50.5. The van der Waals surface area contributed by atoms with Crippen LogP contribution in [0.4, 0.5) is 23.1 Å². The van der Waals surface area contributed by atoms with E-state index in [2.05, 4.69) is 42.6 Å². The van der Waals surface area contributed by atoms with Crippen molar-refractivity contribution in [1.82, 2.24) is 29.6 Å². The lowest BCUT2D eigenvalue weighted by molar-refractivity contribution is -0.134. The first kappa shape index (κ1) is 30.5. The number of aryl methyl sites for hydroxylation is 2. The smallest absolute Gasteiger partial charge is 0.293 e. The molecule has 1 atom stereocenters. The molecule has 47 heavy (non-hydrogen) atoms. The molecule has 1 unspecified atom stereocenters. The summed E-state index contributed by atoms with van der Waals surface area (Å²) in [7, 11) is 3.60. The van der Waals surface area contributed by atoms with E-state index in [0.717, 1.165) is 46.3 Å². The Bertz CT molecular complexity index is 2100. The summed E-state index contributed by atoms with van der Waals surface area (Å²) in [5.74, 6) is 0.412. The zero-order valence-electron chi connectivity index (χ0n) is 26.3. The maximum Gasteiger partial charge on any atom is 0.293 e. The number of carbonyl (C=O) groups is 2. The Balaban J connectivity index is 1.06. The molecule has 2 fully saturated rings. The lowest BCUT2D eigenvalue weighted by Crippen LogP contribution is -2.47. The average molecular weight is 656 g/mol. The number of rotatable bonds is 7. The maximum atomic E-state index is 12.6. The molecule has 2 saturated heterocycles. The van der Waals surface area contributed by atoms with E-state index in [0.29, 0.717) is 60.8 Å². The van der Waals surface area contributed by atoms with Crippen molar-refractivity contribution >= 4 is 68.4 Å². The van der Waals surface area contributed by atoms with Crippen molar-refractivity contribution in [2.24, 2.45) is 14.1 Å². The van der Waals surface area contributed by atoms with Crippen LogP contribution < -0.4 is 30.7 Å². The fourth-order valence-corrected chi connectivity index (χ4v) is 6.51.